The summed E-state index contributed by atoms with van der Waals surface area (Å²) in [5.41, 5.74) is -0.360. The van der Waals surface area contributed by atoms with Gasteiger partial charge in [0.1, 0.15) is 24.4 Å². The third kappa shape index (κ3) is 5.70. The van der Waals surface area contributed by atoms with Crippen molar-refractivity contribution in [3.63, 3.8) is 0 Å². The van der Waals surface area contributed by atoms with E-state index in [0.717, 1.165) is 6.42 Å². The van der Waals surface area contributed by atoms with Crippen LogP contribution >= 0.6 is 0 Å². The van der Waals surface area contributed by atoms with E-state index in [0.29, 0.717) is 38.9 Å². The Morgan fingerprint density at radius 2 is 1.73 bits per heavy atom. The zero-order valence-electron chi connectivity index (χ0n) is 24.0. The summed E-state index contributed by atoms with van der Waals surface area (Å²) in [6, 6.07) is 1.84. The minimum atomic E-state index is -1.32. The van der Waals surface area contributed by atoms with Crippen LogP contribution in [0.4, 0.5) is 0 Å². The lowest BCUT2D eigenvalue weighted by atomic mass is 9.89. The number of carbonyl (C=O) groups is 3. The maximum absolute atomic E-state index is 13.0. The zero-order valence-corrected chi connectivity index (χ0v) is 24.0. The van der Waals surface area contributed by atoms with Crippen molar-refractivity contribution in [3.8, 4) is 6.07 Å². The molecule has 5 aliphatic heterocycles. The van der Waals surface area contributed by atoms with E-state index in [1.807, 2.05) is 20.8 Å². The highest BCUT2D eigenvalue weighted by Crippen LogP contribution is 2.47. The van der Waals surface area contributed by atoms with Crippen LogP contribution in [-0.2, 0) is 38.1 Å². The van der Waals surface area contributed by atoms with E-state index >= 15 is 0 Å². The number of nitrogens with one attached hydrogen (secondary N) is 2. The Labute approximate surface area is 234 Å². The lowest BCUT2D eigenvalue weighted by Gasteiger charge is -2.41. The molecule has 5 fully saturated rings. The van der Waals surface area contributed by atoms with Gasteiger partial charge in [0.05, 0.1) is 25.8 Å². The number of carbonyl (C=O) groups excluding carboxylic acids is 3. The van der Waals surface area contributed by atoms with Gasteiger partial charge in [0.2, 0.25) is 11.7 Å². The molecule has 2 N–H and O–H groups in total. The van der Waals surface area contributed by atoms with Gasteiger partial charge in [0, 0.05) is 25.2 Å². The summed E-state index contributed by atoms with van der Waals surface area (Å²) in [6.45, 7) is 10.8. The molecule has 0 spiro atoms. The van der Waals surface area contributed by atoms with Crippen molar-refractivity contribution in [1.29, 1.82) is 5.26 Å². The summed E-state index contributed by atoms with van der Waals surface area (Å²) in [5.74, 6) is -4.58. The van der Waals surface area contributed by atoms with Crippen molar-refractivity contribution in [2.45, 2.75) is 108 Å². The predicted molar refractivity (Wildman–Crippen MR) is 138 cm³/mol. The molecule has 13 heteroatoms. The van der Waals surface area contributed by atoms with Crippen molar-refractivity contribution in [1.82, 2.24) is 20.4 Å². The number of rotatable bonds is 5. The molecule has 0 radical (unpaired) electrons. The highest BCUT2D eigenvalue weighted by atomic mass is 16.9. The van der Waals surface area contributed by atoms with Crippen LogP contribution in [0.3, 0.4) is 0 Å². The molecule has 0 aromatic heterocycles. The summed E-state index contributed by atoms with van der Waals surface area (Å²) >= 11 is 0. The van der Waals surface area contributed by atoms with Crippen LogP contribution in [-0.4, -0.2) is 114 Å². The van der Waals surface area contributed by atoms with Crippen molar-refractivity contribution in [3.05, 3.63) is 0 Å². The smallest absolute Gasteiger partial charge is 0.311 e. The number of nitrogens with zero attached hydrogens (tertiary/aromatic N) is 3. The van der Waals surface area contributed by atoms with Crippen LogP contribution in [0.25, 0.3) is 0 Å². The van der Waals surface area contributed by atoms with Crippen LogP contribution < -0.4 is 10.6 Å². The van der Waals surface area contributed by atoms with Gasteiger partial charge in [-0.25, -0.2) is 0 Å². The Bertz CT molecular complexity index is 1070. The predicted octanol–water partition coefficient (Wildman–Crippen LogP) is -0.0140. The third-order valence-corrected chi connectivity index (χ3v) is 8.51. The van der Waals surface area contributed by atoms with Crippen molar-refractivity contribution in [2.75, 3.05) is 39.3 Å². The molecule has 222 valence electrons. The van der Waals surface area contributed by atoms with Crippen LogP contribution in [0.1, 0.15) is 60.3 Å². The molecule has 0 unspecified atom stereocenters. The number of hydrogen-bond acceptors (Lipinski definition) is 10. The fourth-order valence-electron chi connectivity index (χ4n) is 6.37. The minimum absolute atomic E-state index is 0.0866. The first-order chi connectivity index (χ1) is 18.8. The van der Waals surface area contributed by atoms with Gasteiger partial charge in [-0.1, -0.05) is 0 Å². The Kier molecular flexibility index (Phi) is 7.65. The highest BCUT2D eigenvalue weighted by molar-refractivity contribution is 6.35. The molecule has 13 nitrogen and oxygen atoms in total. The van der Waals surface area contributed by atoms with Gasteiger partial charge in [-0.05, 0) is 60.3 Å². The minimum Gasteiger partial charge on any atom is -0.343 e. The molecule has 5 heterocycles. The van der Waals surface area contributed by atoms with Gasteiger partial charge in [-0.3, -0.25) is 14.4 Å². The third-order valence-electron chi connectivity index (χ3n) is 8.51. The highest BCUT2D eigenvalue weighted by Gasteiger charge is 2.65. The maximum atomic E-state index is 13.0. The van der Waals surface area contributed by atoms with E-state index in [2.05, 4.69) is 16.7 Å². The van der Waals surface area contributed by atoms with Crippen LogP contribution in [0, 0.1) is 11.3 Å². The van der Waals surface area contributed by atoms with Gasteiger partial charge in [-0.2, -0.15) is 5.26 Å². The second-order valence-corrected chi connectivity index (χ2v) is 12.6. The molecule has 0 bridgehead atoms. The molecule has 3 amide bonds. The molecular formula is C27H41N5O8. The van der Waals surface area contributed by atoms with Gasteiger partial charge in [-0.15, -0.1) is 0 Å². The normalized spacial score (nSPS) is 35.5. The molecule has 0 saturated carbocycles. The van der Waals surface area contributed by atoms with Crippen molar-refractivity contribution in [2.24, 2.45) is 0 Å². The van der Waals surface area contributed by atoms with Gasteiger partial charge in [0.25, 0.3) is 0 Å². The van der Waals surface area contributed by atoms with E-state index in [1.54, 1.807) is 18.7 Å². The molecule has 5 aliphatic rings. The average molecular weight is 564 g/mol. The summed E-state index contributed by atoms with van der Waals surface area (Å²) in [5, 5.41) is 15.3. The SMILES string of the molecule is CC1(NCC(=O)N2CCC[C@H]2C#N)CCN(C(=O)C(=O)NC[C@@]23OC[C@H]4OC(C)(C)O[C@H]4[C@@H]2OC(C)(C)O3)CC1. The summed E-state index contributed by atoms with van der Waals surface area (Å²) < 4.78 is 30.4. The molecule has 5 saturated heterocycles. The number of piperidine rings is 1. The number of amides is 3. The summed E-state index contributed by atoms with van der Waals surface area (Å²) in [7, 11) is 0. The number of fused-ring (bicyclic) bond motifs is 3. The monoisotopic (exact) mass is 563 g/mol. The Balaban J connectivity index is 1.12. The van der Waals surface area contributed by atoms with Crippen LogP contribution in [0.5, 0.6) is 0 Å². The standard InChI is InChI=1S/C27H41N5O8/c1-24(2)37-18-15-36-27(21(20(18)38-24)39-25(3,4)40-27)16-29-22(34)23(35)31-11-8-26(5,9-12-31)30-14-19(33)32-10-6-7-17(32)13-28/h17-18,20-21,30H,6-12,14-16H2,1-5H3,(H,29,34)/t17-,18+,20+,21-,27-/m0/s1. The van der Waals surface area contributed by atoms with Crippen LogP contribution in [0.2, 0.25) is 0 Å². The first-order valence-corrected chi connectivity index (χ1v) is 14.1. The zero-order chi connectivity index (χ0) is 28.9. The fraction of sp³-hybridized carbons (Fsp3) is 0.852. The first-order valence-electron chi connectivity index (χ1n) is 14.1. The molecular weight excluding hydrogens is 522 g/mol. The van der Waals surface area contributed by atoms with Crippen molar-refractivity contribution >= 4 is 17.7 Å². The first kappa shape index (κ1) is 29.2. The largest absolute Gasteiger partial charge is 0.343 e. The molecule has 0 aliphatic carbocycles. The number of hydrogen-bond donors (Lipinski definition) is 2. The second kappa shape index (κ2) is 10.5. The topological polar surface area (TPSA) is 152 Å². The number of ether oxygens (including phenoxy) is 5. The molecule has 5 atom stereocenters. The van der Waals surface area contributed by atoms with E-state index in [1.165, 1.54) is 4.90 Å². The lowest BCUT2D eigenvalue weighted by Crippen LogP contribution is -2.63. The Morgan fingerprint density at radius 1 is 1.00 bits per heavy atom. The summed E-state index contributed by atoms with van der Waals surface area (Å²) in [4.78, 5) is 41.7. The van der Waals surface area contributed by atoms with Gasteiger partial charge >= 0.3 is 11.8 Å². The molecule has 0 aromatic rings. The van der Waals surface area contributed by atoms with Gasteiger partial charge < -0.3 is 44.1 Å². The second-order valence-electron chi connectivity index (χ2n) is 12.6. The molecule has 40 heavy (non-hydrogen) atoms. The van der Waals surface area contributed by atoms with Crippen LogP contribution in [0.15, 0.2) is 0 Å². The maximum Gasteiger partial charge on any atom is 0.311 e. The van der Waals surface area contributed by atoms with Crippen molar-refractivity contribution < 1.29 is 38.1 Å². The van der Waals surface area contributed by atoms with Gasteiger partial charge in [0.15, 0.2) is 11.6 Å². The fourth-order valence-corrected chi connectivity index (χ4v) is 6.37. The number of nitriles is 1. The van der Waals surface area contributed by atoms with E-state index in [9.17, 15) is 19.6 Å². The molecule has 0 aromatic carbocycles. The van der Waals surface area contributed by atoms with E-state index in [-0.39, 0.29) is 43.3 Å². The van der Waals surface area contributed by atoms with E-state index in [4.69, 9.17) is 23.7 Å². The Morgan fingerprint density at radius 3 is 2.42 bits per heavy atom. The van der Waals surface area contributed by atoms with E-state index < -0.39 is 41.4 Å². The Hall–Kier alpha value is -2.34. The molecule has 5 rings (SSSR count). The average Bonchev–Trinajstić information content (AvgIpc) is 3.58. The lowest BCUT2D eigenvalue weighted by molar-refractivity contribution is -0.277. The summed E-state index contributed by atoms with van der Waals surface area (Å²) in [6.07, 6.45) is 1.27. The number of likely N-dealkylation sites (tertiary alicyclic amines) is 2. The quantitative estimate of drug-likeness (QED) is 0.437.